The smallest absolute Gasteiger partial charge is 0.364 e. The number of carbonyl (C=O) groups is 3. The molecule has 1 aliphatic carbocycles. The van der Waals surface area contributed by atoms with E-state index in [9.17, 15) is 36.3 Å². The van der Waals surface area contributed by atoms with Crippen molar-refractivity contribution >= 4 is 35.0 Å². The largest absolute Gasteiger partial charge is 0.405 e. The third-order valence-corrected chi connectivity index (χ3v) is 7.09. The molecular formula is C22H21ClF5N5O3. The van der Waals surface area contributed by atoms with Crippen LogP contribution in [-0.4, -0.2) is 46.5 Å². The average molecular weight is 534 g/mol. The maximum Gasteiger partial charge on any atom is 0.405 e. The van der Waals surface area contributed by atoms with Crippen molar-refractivity contribution in [3.63, 3.8) is 0 Å². The normalized spacial score (nSPS) is 22.3. The van der Waals surface area contributed by atoms with Gasteiger partial charge in [-0.25, -0.2) is 13.8 Å². The molecule has 14 heteroatoms. The molecule has 1 aromatic carbocycles. The number of amides is 3. The van der Waals surface area contributed by atoms with Crippen molar-refractivity contribution in [2.45, 2.75) is 44.3 Å². The molecule has 2 fully saturated rings. The van der Waals surface area contributed by atoms with Crippen molar-refractivity contribution in [3.8, 4) is 0 Å². The van der Waals surface area contributed by atoms with E-state index in [1.165, 1.54) is 15.8 Å². The first kappa shape index (κ1) is 25.9. The maximum atomic E-state index is 13.8. The van der Waals surface area contributed by atoms with Gasteiger partial charge < -0.3 is 20.5 Å². The predicted octanol–water partition coefficient (Wildman–Crippen LogP) is 3.74. The van der Waals surface area contributed by atoms with E-state index in [0.29, 0.717) is 32.1 Å². The van der Waals surface area contributed by atoms with Gasteiger partial charge in [0.15, 0.2) is 17.3 Å². The summed E-state index contributed by atoms with van der Waals surface area (Å²) in [5.74, 6) is -4.73. The van der Waals surface area contributed by atoms with Crippen LogP contribution in [0.15, 0.2) is 18.5 Å². The van der Waals surface area contributed by atoms with Gasteiger partial charge in [0.2, 0.25) is 5.91 Å². The molecule has 3 N–H and O–H groups in total. The summed E-state index contributed by atoms with van der Waals surface area (Å²) >= 11 is 6.05. The molecule has 0 atom stereocenters. The first-order chi connectivity index (χ1) is 16.8. The maximum absolute atomic E-state index is 13.8. The number of imidazole rings is 1. The molecular weight excluding hydrogens is 513 g/mol. The second-order valence-corrected chi connectivity index (χ2v) is 9.35. The fourth-order valence-corrected chi connectivity index (χ4v) is 5.23. The summed E-state index contributed by atoms with van der Waals surface area (Å²) in [6, 6.07) is 1.31. The van der Waals surface area contributed by atoms with Gasteiger partial charge in [0.05, 0.1) is 22.5 Å². The van der Waals surface area contributed by atoms with Crippen LogP contribution in [0.3, 0.4) is 0 Å². The Hall–Kier alpha value is -3.22. The number of rotatable bonds is 5. The molecule has 2 aliphatic rings. The van der Waals surface area contributed by atoms with Crippen LogP contribution in [0.1, 0.15) is 59.1 Å². The Morgan fingerprint density at radius 1 is 1.17 bits per heavy atom. The predicted molar refractivity (Wildman–Crippen MR) is 117 cm³/mol. The van der Waals surface area contributed by atoms with Crippen LogP contribution in [-0.2, 0) is 4.79 Å². The van der Waals surface area contributed by atoms with E-state index in [4.69, 9.17) is 17.3 Å². The van der Waals surface area contributed by atoms with Gasteiger partial charge in [-0.3, -0.25) is 14.4 Å². The van der Waals surface area contributed by atoms with Crippen molar-refractivity contribution in [2.75, 3.05) is 18.0 Å². The Kier molecular flexibility index (Phi) is 6.71. The van der Waals surface area contributed by atoms with Crippen molar-refractivity contribution < 1.29 is 36.3 Å². The highest BCUT2D eigenvalue weighted by atomic mass is 35.5. The fraction of sp³-hybridized carbons (Fsp3) is 0.455. The number of hydrogen-bond donors (Lipinski definition) is 2. The van der Waals surface area contributed by atoms with Gasteiger partial charge in [-0.15, -0.1) is 0 Å². The minimum absolute atomic E-state index is 0.0831. The van der Waals surface area contributed by atoms with Crippen molar-refractivity contribution in [3.05, 3.63) is 46.5 Å². The summed E-state index contributed by atoms with van der Waals surface area (Å²) in [6.07, 6.45) is -1.51. The van der Waals surface area contributed by atoms with Crippen LogP contribution in [0.5, 0.6) is 0 Å². The monoisotopic (exact) mass is 533 g/mol. The topological polar surface area (TPSA) is 110 Å². The molecule has 8 nitrogen and oxygen atoms in total. The van der Waals surface area contributed by atoms with Crippen LogP contribution >= 0.6 is 11.6 Å². The lowest BCUT2D eigenvalue weighted by atomic mass is 9.71. The lowest BCUT2D eigenvalue weighted by Gasteiger charge is -2.36. The molecule has 2 heterocycles. The van der Waals surface area contributed by atoms with Gasteiger partial charge >= 0.3 is 6.18 Å². The summed E-state index contributed by atoms with van der Waals surface area (Å²) in [4.78, 5) is 42.7. The van der Waals surface area contributed by atoms with Crippen molar-refractivity contribution in [1.82, 2.24) is 14.9 Å². The second-order valence-electron chi connectivity index (χ2n) is 8.95. The van der Waals surface area contributed by atoms with Crippen LogP contribution in [0.25, 0.3) is 0 Å². The molecule has 0 bridgehead atoms. The Morgan fingerprint density at radius 3 is 2.42 bits per heavy atom. The van der Waals surface area contributed by atoms with Gasteiger partial charge in [-0.1, -0.05) is 11.6 Å². The van der Waals surface area contributed by atoms with E-state index < -0.39 is 47.3 Å². The van der Waals surface area contributed by atoms with Crippen LogP contribution in [0.2, 0.25) is 5.02 Å². The molecule has 1 aliphatic heterocycles. The first-order valence-corrected chi connectivity index (χ1v) is 11.4. The fourth-order valence-electron chi connectivity index (χ4n) is 4.98. The van der Waals surface area contributed by atoms with Gasteiger partial charge in [0.1, 0.15) is 12.2 Å². The minimum Gasteiger partial charge on any atom is -0.364 e. The minimum atomic E-state index is -4.64. The molecule has 0 unspecified atom stereocenters. The van der Waals surface area contributed by atoms with E-state index in [0.717, 1.165) is 12.1 Å². The number of benzene rings is 1. The van der Waals surface area contributed by atoms with Crippen LogP contribution < -0.4 is 16.0 Å². The zero-order valence-corrected chi connectivity index (χ0v) is 19.4. The zero-order chi connectivity index (χ0) is 26.4. The molecule has 2 aromatic rings. The Bertz CT molecular complexity index is 1220. The summed E-state index contributed by atoms with van der Waals surface area (Å²) in [7, 11) is 0. The van der Waals surface area contributed by atoms with E-state index in [2.05, 4.69) is 4.98 Å². The number of carbonyl (C=O) groups excluding carboxylic acids is 3. The molecule has 3 amide bonds. The highest BCUT2D eigenvalue weighted by Crippen LogP contribution is 2.49. The molecule has 194 valence electrons. The molecule has 4 rings (SSSR count). The molecule has 36 heavy (non-hydrogen) atoms. The molecule has 1 aromatic heterocycles. The number of aromatic nitrogens is 2. The molecule has 0 radical (unpaired) electrons. The van der Waals surface area contributed by atoms with E-state index in [1.807, 2.05) is 0 Å². The lowest BCUT2D eigenvalue weighted by Crippen LogP contribution is -2.38. The zero-order valence-electron chi connectivity index (χ0n) is 18.7. The first-order valence-electron chi connectivity index (χ1n) is 11.0. The highest BCUT2D eigenvalue weighted by Gasteiger charge is 2.49. The van der Waals surface area contributed by atoms with Gasteiger partial charge in [0, 0.05) is 18.7 Å². The second kappa shape index (κ2) is 9.34. The van der Waals surface area contributed by atoms with Crippen LogP contribution in [0.4, 0.5) is 27.6 Å². The Labute approximate surface area is 206 Å². The Balaban J connectivity index is 1.50. The third-order valence-electron chi connectivity index (χ3n) is 6.79. The molecule has 1 saturated carbocycles. The summed E-state index contributed by atoms with van der Waals surface area (Å²) in [6.45, 7) is -1.33. The lowest BCUT2D eigenvalue weighted by molar-refractivity contribution is -0.127. The quantitative estimate of drug-likeness (QED) is 0.450. The number of hydrogen-bond acceptors (Lipinski definition) is 4. The summed E-state index contributed by atoms with van der Waals surface area (Å²) in [5.41, 5.74) is 3.89. The van der Waals surface area contributed by atoms with Crippen molar-refractivity contribution in [2.24, 2.45) is 11.1 Å². The molecule has 1 spiro atoms. The SMILES string of the molecule is NC(=O)c1c(C(=O)NCC(F)(F)F)ncn1C1CCC2(CC1)CCN(c1cc(F)c(F)cc1Cl)C2=O. The van der Waals surface area contributed by atoms with Crippen molar-refractivity contribution in [1.29, 1.82) is 0 Å². The number of halogens is 6. The van der Waals surface area contributed by atoms with Gasteiger partial charge in [-0.05, 0) is 38.2 Å². The van der Waals surface area contributed by atoms with Gasteiger partial charge in [0.25, 0.3) is 11.8 Å². The third kappa shape index (κ3) is 4.75. The standard InChI is InChI=1S/C22H21ClF5N5O3/c23-12-7-13(24)14(25)8-15(12)32-6-5-21(20(32)36)3-1-11(2-4-21)33-10-31-16(17(33)18(29)34)19(35)30-9-22(26,27)28/h7-8,10-11H,1-6,9H2,(H2,29,34)(H,30,35). The van der Waals surface area contributed by atoms with E-state index in [1.54, 1.807) is 5.32 Å². The van der Waals surface area contributed by atoms with E-state index in [-0.39, 0.29) is 34.9 Å². The number of primary amides is 1. The number of nitrogens with one attached hydrogen (secondary N) is 1. The number of alkyl halides is 3. The number of nitrogens with two attached hydrogens (primary N) is 1. The number of nitrogens with zero attached hydrogens (tertiary/aromatic N) is 3. The Morgan fingerprint density at radius 2 is 1.81 bits per heavy atom. The summed E-state index contributed by atoms with van der Waals surface area (Å²) in [5, 5.41) is 1.58. The van der Waals surface area contributed by atoms with Crippen LogP contribution in [0, 0.1) is 17.0 Å². The molecule has 1 saturated heterocycles. The van der Waals surface area contributed by atoms with E-state index >= 15 is 0 Å². The highest BCUT2D eigenvalue weighted by molar-refractivity contribution is 6.34. The summed E-state index contributed by atoms with van der Waals surface area (Å²) < 4.78 is 66.0. The average Bonchev–Trinajstić information content (AvgIpc) is 3.38. The van der Waals surface area contributed by atoms with Gasteiger partial charge in [-0.2, -0.15) is 13.2 Å². The number of anilines is 1.